The van der Waals surface area contributed by atoms with E-state index in [4.69, 9.17) is 0 Å². The van der Waals surface area contributed by atoms with Gasteiger partial charge < -0.3 is 21.3 Å². The fourth-order valence-electron chi connectivity index (χ4n) is 4.45. The normalized spacial score (nSPS) is 16.8. The molecule has 1 aliphatic carbocycles. The molecule has 3 unspecified atom stereocenters. The summed E-state index contributed by atoms with van der Waals surface area (Å²) < 4.78 is 0. The molecular formula is C28H45N5O4. The Labute approximate surface area is 221 Å². The van der Waals surface area contributed by atoms with Gasteiger partial charge in [-0.15, -0.1) is 0 Å². The van der Waals surface area contributed by atoms with Gasteiger partial charge in [0.1, 0.15) is 12.1 Å². The van der Waals surface area contributed by atoms with E-state index >= 15 is 0 Å². The fourth-order valence-corrected chi connectivity index (χ4v) is 4.45. The van der Waals surface area contributed by atoms with Crippen LogP contribution in [0, 0.1) is 5.41 Å². The van der Waals surface area contributed by atoms with Crippen LogP contribution >= 0.6 is 0 Å². The molecule has 1 aromatic heterocycles. The summed E-state index contributed by atoms with van der Waals surface area (Å²) in [5, 5.41) is 11.7. The van der Waals surface area contributed by atoms with Crippen LogP contribution in [0.3, 0.4) is 0 Å². The molecular weight excluding hydrogens is 470 g/mol. The lowest BCUT2D eigenvalue weighted by Gasteiger charge is -2.31. The highest BCUT2D eigenvalue weighted by atomic mass is 16.2. The largest absolute Gasteiger partial charge is 0.344 e. The topological polar surface area (TPSA) is 129 Å². The lowest BCUT2D eigenvalue weighted by molar-refractivity contribution is -0.132. The Morgan fingerprint density at radius 3 is 2.22 bits per heavy atom. The summed E-state index contributed by atoms with van der Waals surface area (Å²) in [5.41, 5.74) is -0.213. The van der Waals surface area contributed by atoms with E-state index in [0.29, 0.717) is 18.0 Å². The molecule has 0 spiro atoms. The van der Waals surface area contributed by atoms with E-state index in [1.807, 2.05) is 27.7 Å². The third-order valence-corrected chi connectivity index (χ3v) is 6.82. The smallest absolute Gasteiger partial charge is 0.252 e. The molecule has 1 fully saturated rings. The minimum Gasteiger partial charge on any atom is -0.344 e. The Morgan fingerprint density at radius 1 is 0.973 bits per heavy atom. The molecule has 0 aromatic carbocycles. The summed E-state index contributed by atoms with van der Waals surface area (Å²) in [6.07, 6.45) is 11.1. The summed E-state index contributed by atoms with van der Waals surface area (Å²) in [6, 6.07) is 1.14. The van der Waals surface area contributed by atoms with E-state index in [1.54, 1.807) is 19.1 Å². The molecule has 9 nitrogen and oxygen atoms in total. The molecule has 2 rings (SSSR count). The maximum atomic E-state index is 13.1. The molecule has 1 heterocycles. The highest BCUT2D eigenvalue weighted by molar-refractivity contribution is 5.99. The van der Waals surface area contributed by atoms with Crippen molar-refractivity contribution in [1.82, 2.24) is 26.3 Å². The number of pyridine rings is 1. The van der Waals surface area contributed by atoms with Crippen molar-refractivity contribution in [3.63, 3.8) is 0 Å². The highest BCUT2D eigenvalue weighted by Crippen LogP contribution is 2.20. The molecule has 4 N–H and O–H groups in total. The number of rotatable bonds is 13. The van der Waals surface area contributed by atoms with Gasteiger partial charge in [0, 0.05) is 24.0 Å². The van der Waals surface area contributed by atoms with Gasteiger partial charge in [-0.05, 0) is 43.7 Å². The van der Waals surface area contributed by atoms with Gasteiger partial charge in [-0.25, -0.2) is 0 Å². The highest BCUT2D eigenvalue weighted by Gasteiger charge is 2.35. The Balaban J connectivity index is 1.98. The van der Waals surface area contributed by atoms with Crippen LogP contribution in [0.15, 0.2) is 24.5 Å². The first-order valence-corrected chi connectivity index (χ1v) is 13.6. The Kier molecular flexibility index (Phi) is 12.2. The number of hydrogen-bond donors (Lipinski definition) is 4. The van der Waals surface area contributed by atoms with Gasteiger partial charge in [0.25, 0.3) is 5.91 Å². The van der Waals surface area contributed by atoms with Crippen molar-refractivity contribution in [2.24, 2.45) is 5.41 Å². The van der Waals surface area contributed by atoms with Crippen LogP contribution in [0.2, 0.25) is 0 Å². The van der Waals surface area contributed by atoms with Crippen molar-refractivity contribution in [2.75, 3.05) is 6.54 Å². The van der Waals surface area contributed by atoms with Crippen molar-refractivity contribution in [2.45, 2.75) is 110 Å². The summed E-state index contributed by atoms with van der Waals surface area (Å²) in [4.78, 5) is 55.7. The van der Waals surface area contributed by atoms with Crippen molar-refractivity contribution in [3.8, 4) is 0 Å². The first-order chi connectivity index (χ1) is 17.5. The molecule has 0 bridgehead atoms. The van der Waals surface area contributed by atoms with Crippen LogP contribution in [0.25, 0.3) is 0 Å². The zero-order valence-corrected chi connectivity index (χ0v) is 23.1. The molecule has 206 valence electrons. The zero-order chi connectivity index (χ0) is 27.4. The predicted octanol–water partition coefficient (Wildman–Crippen LogP) is 2.90. The van der Waals surface area contributed by atoms with Crippen molar-refractivity contribution in [3.05, 3.63) is 30.1 Å². The van der Waals surface area contributed by atoms with E-state index in [0.717, 1.165) is 25.7 Å². The molecule has 3 amide bonds. The van der Waals surface area contributed by atoms with Gasteiger partial charge in [0.2, 0.25) is 11.8 Å². The second kappa shape index (κ2) is 14.8. The first-order valence-electron chi connectivity index (χ1n) is 13.6. The van der Waals surface area contributed by atoms with Gasteiger partial charge in [-0.1, -0.05) is 59.8 Å². The second-order valence-electron chi connectivity index (χ2n) is 11.1. The van der Waals surface area contributed by atoms with Crippen LogP contribution in [-0.2, 0) is 14.4 Å². The maximum absolute atomic E-state index is 13.1. The quantitative estimate of drug-likeness (QED) is 0.320. The second-order valence-corrected chi connectivity index (χ2v) is 11.1. The molecule has 37 heavy (non-hydrogen) atoms. The summed E-state index contributed by atoms with van der Waals surface area (Å²) in [6.45, 7) is 9.38. The van der Waals surface area contributed by atoms with Crippen LogP contribution in [-0.4, -0.2) is 59.2 Å². The number of carbonyl (C=O) groups excluding carboxylic acids is 4. The molecule has 9 heteroatoms. The van der Waals surface area contributed by atoms with Gasteiger partial charge in [0.15, 0.2) is 5.78 Å². The minimum atomic E-state index is -0.876. The van der Waals surface area contributed by atoms with Crippen LogP contribution in [0.1, 0.15) is 96.3 Å². The molecule has 1 saturated carbocycles. The van der Waals surface area contributed by atoms with E-state index in [1.165, 1.54) is 31.7 Å². The summed E-state index contributed by atoms with van der Waals surface area (Å²) >= 11 is 0. The number of ketones is 1. The number of unbranched alkanes of at least 4 members (excludes halogenated alkanes) is 1. The van der Waals surface area contributed by atoms with Crippen molar-refractivity contribution >= 4 is 23.5 Å². The Bertz CT molecular complexity index is 894. The van der Waals surface area contributed by atoms with Crippen LogP contribution < -0.4 is 21.3 Å². The molecule has 0 aliphatic heterocycles. The van der Waals surface area contributed by atoms with Gasteiger partial charge >= 0.3 is 0 Å². The van der Waals surface area contributed by atoms with E-state index in [2.05, 4.69) is 26.3 Å². The van der Waals surface area contributed by atoms with Crippen LogP contribution in [0.4, 0.5) is 0 Å². The number of carbonyl (C=O) groups is 4. The number of amides is 3. The Morgan fingerprint density at radius 2 is 1.62 bits per heavy atom. The molecule has 1 aromatic rings. The first kappa shape index (κ1) is 30.4. The third-order valence-electron chi connectivity index (χ3n) is 6.82. The summed E-state index contributed by atoms with van der Waals surface area (Å²) in [5.74, 6) is -1.32. The average molecular weight is 516 g/mol. The number of Topliss-reactive ketones (excluding diaryl/α,β-unsaturated/α-hetero) is 1. The number of aromatic nitrogens is 1. The van der Waals surface area contributed by atoms with E-state index in [9.17, 15) is 19.2 Å². The van der Waals surface area contributed by atoms with Gasteiger partial charge in [-0.3, -0.25) is 24.2 Å². The van der Waals surface area contributed by atoms with Gasteiger partial charge in [0.05, 0.1) is 12.6 Å². The predicted molar refractivity (Wildman–Crippen MR) is 144 cm³/mol. The number of hydrogen-bond acceptors (Lipinski definition) is 6. The third kappa shape index (κ3) is 10.2. The lowest BCUT2D eigenvalue weighted by atomic mass is 9.85. The van der Waals surface area contributed by atoms with Crippen LogP contribution in [0.5, 0.6) is 0 Å². The Hall–Kier alpha value is -2.81. The monoisotopic (exact) mass is 515 g/mol. The lowest BCUT2D eigenvalue weighted by Crippen LogP contribution is -2.58. The zero-order valence-electron chi connectivity index (χ0n) is 23.1. The summed E-state index contributed by atoms with van der Waals surface area (Å²) in [7, 11) is 0. The van der Waals surface area contributed by atoms with Gasteiger partial charge in [-0.2, -0.15) is 0 Å². The van der Waals surface area contributed by atoms with E-state index < -0.39 is 41.3 Å². The van der Waals surface area contributed by atoms with Crippen molar-refractivity contribution in [1.29, 1.82) is 0 Å². The maximum Gasteiger partial charge on any atom is 0.252 e. The molecule has 0 radical (unpaired) electrons. The number of nitrogens with one attached hydrogen (secondary N) is 4. The average Bonchev–Trinajstić information content (AvgIpc) is 2.88. The minimum absolute atomic E-state index is 0.0388. The molecule has 0 saturated heterocycles. The number of nitrogens with zero attached hydrogens (tertiary/aromatic N) is 1. The SMILES string of the molecule is CCCCC(NC(=O)C(C)NC(=O)C(NC(=O)c1ccncc1)C(C)(C)C)C(=O)CNC1CCCCC1. The molecule has 1 aliphatic rings. The van der Waals surface area contributed by atoms with Crippen molar-refractivity contribution < 1.29 is 19.2 Å². The fraction of sp³-hybridized carbons (Fsp3) is 0.679. The molecule has 3 atom stereocenters. The standard InChI is InChI=1S/C28H45N5O4/c1-6-7-13-22(23(34)18-30-21-11-9-8-10-12-21)32-25(35)19(2)31-27(37)24(28(3,4)5)33-26(36)20-14-16-29-17-15-20/h14-17,19,21-22,24,30H,6-13,18H2,1-5H3,(H,31,37)(H,32,35)(H,33,36). The van der Waals surface area contributed by atoms with E-state index in [-0.39, 0.29) is 12.3 Å².